The summed E-state index contributed by atoms with van der Waals surface area (Å²) >= 11 is 0. The van der Waals surface area contributed by atoms with Crippen LogP contribution in [-0.2, 0) is 4.79 Å². The summed E-state index contributed by atoms with van der Waals surface area (Å²) in [5.74, 6) is 0.557. The van der Waals surface area contributed by atoms with E-state index in [0.29, 0.717) is 5.78 Å². The average Bonchev–Trinajstić information content (AvgIpc) is 2.45. The molecule has 1 atom stereocenters. The molecule has 106 valence electrons. The van der Waals surface area contributed by atoms with Gasteiger partial charge in [-0.2, -0.15) is 0 Å². The molecule has 0 aliphatic heterocycles. The Kier molecular flexibility index (Phi) is 8.20. The van der Waals surface area contributed by atoms with E-state index in [0.717, 1.165) is 25.7 Å². The molecule has 0 amide bonds. The minimum Gasteiger partial charge on any atom is -0.299 e. The molecule has 1 heteroatoms. The Hall–Kier alpha value is -1.11. The molecule has 19 heavy (non-hydrogen) atoms. The maximum Gasteiger partial charge on any atom is 0.140 e. The molecule has 0 bridgehead atoms. The summed E-state index contributed by atoms with van der Waals surface area (Å²) in [4.78, 5) is 12.4. The number of Topliss-reactive ketones (excluding diaryl/α,β-unsaturated/α-hetero) is 1. The zero-order valence-electron chi connectivity index (χ0n) is 12.5. The molecule has 0 aliphatic carbocycles. The number of hydrogen-bond donors (Lipinski definition) is 0. The Morgan fingerprint density at radius 2 is 1.63 bits per heavy atom. The summed E-state index contributed by atoms with van der Waals surface area (Å²) in [6.07, 6.45) is 8.90. The second-order valence-corrected chi connectivity index (χ2v) is 5.38. The van der Waals surface area contributed by atoms with Crippen LogP contribution in [0.5, 0.6) is 0 Å². The average molecular weight is 260 g/mol. The molecule has 0 aromatic heterocycles. The van der Waals surface area contributed by atoms with Crippen LogP contribution in [0.4, 0.5) is 0 Å². The molecule has 0 N–H and O–H groups in total. The highest BCUT2D eigenvalue weighted by molar-refractivity contribution is 5.85. The van der Waals surface area contributed by atoms with Crippen molar-refractivity contribution in [3.8, 4) is 0 Å². The SMILES string of the molecule is CCCCCCCC(=O)C(CCC)c1ccccc1. The van der Waals surface area contributed by atoms with Gasteiger partial charge >= 0.3 is 0 Å². The topological polar surface area (TPSA) is 17.1 Å². The third kappa shape index (κ3) is 6.04. The fourth-order valence-corrected chi connectivity index (χ4v) is 2.56. The van der Waals surface area contributed by atoms with E-state index in [1.54, 1.807) is 0 Å². The lowest BCUT2D eigenvalue weighted by Crippen LogP contribution is -2.12. The van der Waals surface area contributed by atoms with Gasteiger partial charge in [-0.05, 0) is 18.4 Å². The van der Waals surface area contributed by atoms with Crippen molar-refractivity contribution >= 4 is 5.78 Å². The van der Waals surface area contributed by atoms with Crippen molar-refractivity contribution in [2.75, 3.05) is 0 Å². The van der Waals surface area contributed by atoms with Crippen molar-refractivity contribution in [1.29, 1.82) is 0 Å². The summed E-state index contributed by atoms with van der Waals surface area (Å²) in [5, 5.41) is 0. The molecular formula is C18H28O. The lowest BCUT2D eigenvalue weighted by atomic mass is 9.88. The highest BCUT2D eigenvalue weighted by Crippen LogP contribution is 2.24. The summed E-state index contributed by atoms with van der Waals surface area (Å²) in [6.45, 7) is 4.38. The number of hydrogen-bond acceptors (Lipinski definition) is 1. The smallest absolute Gasteiger partial charge is 0.140 e. The highest BCUT2D eigenvalue weighted by Gasteiger charge is 2.18. The molecular weight excluding hydrogens is 232 g/mol. The molecule has 0 aliphatic rings. The molecule has 1 aromatic carbocycles. The van der Waals surface area contributed by atoms with Gasteiger partial charge in [0.25, 0.3) is 0 Å². The van der Waals surface area contributed by atoms with Crippen LogP contribution in [0.25, 0.3) is 0 Å². The van der Waals surface area contributed by atoms with Gasteiger partial charge in [-0.3, -0.25) is 4.79 Å². The van der Waals surface area contributed by atoms with Crippen LogP contribution in [0.1, 0.15) is 76.7 Å². The van der Waals surface area contributed by atoms with Crippen molar-refractivity contribution in [2.45, 2.75) is 71.1 Å². The van der Waals surface area contributed by atoms with Crippen molar-refractivity contribution in [3.63, 3.8) is 0 Å². The van der Waals surface area contributed by atoms with Crippen LogP contribution < -0.4 is 0 Å². The third-order valence-electron chi connectivity index (χ3n) is 3.69. The van der Waals surface area contributed by atoms with Crippen molar-refractivity contribution in [3.05, 3.63) is 35.9 Å². The van der Waals surface area contributed by atoms with Crippen LogP contribution in [-0.4, -0.2) is 5.78 Å². The number of carbonyl (C=O) groups excluding carboxylic acids is 1. The lowest BCUT2D eigenvalue weighted by Gasteiger charge is -2.15. The molecule has 1 nitrogen and oxygen atoms in total. The fraction of sp³-hybridized carbons (Fsp3) is 0.611. The number of benzene rings is 1. The quantitative estimate of drug-likeness (QED) is 0.508. The predicted octanol–water partition coefficient (Wildman–Crippen LogP) is 5.50. The van der Waals surface area contributed by atoms with E-state index < -0.39 is 0 Å². The van der Waals surface area contributed by atoms with Gasteiger partial charge < -0.3 is 0 Å². The largest absolute Gasteiger partial charge is 0.299 e. The van der Waals surface area contributed by atoms with Crippen LogP contribution >= 0.6 is 0 Å². The minimum absolute atomic E-state index is 0.123. The second-order valence-electron chi connectivity index (χ2n) is 5.38. The maximum atomic E-state index is 12.4. The van der Waals surface area contributed by atoms with Crippen molar-refractivity contribution in [1.82, 2.24) is 0 Å². The number of rotatable bonds is 10. The fourth-order valence-electron chi connectivity index (χ4n) is 2.56. The van der Waals surface area contributed by atoms with Gasteiger partial charge in [0, 0.05) is 12.3 Å². The Morgan fingerprint density at radius 1 is 0.947 bits per heavy atom. The number of ketones is 1. The van der Waals surface area contributed by atoms with Gasteiger partial charge in [-0.15, -0.1) is 0 Å². The molecule has 0 heterocycles. The molecule has 0 saturated heterocycles. The van der Waals surface area contributed by atoms with Gasteiger partial charge in [-0.1, -0.05) is 76.3 Å². The van der Waals surface area contributed by atoms with E-state index in [1.807, 2.05) is 18.2 Å². The Bertz CT molecular complexity index is 342. The molecule has 1 unspecified atom stereocenters. The molecule has 1 aromatic rings. The van der Waals surface area contributed by atoms with Crippen molar-refractivity contribution < 1.29 is 4.79 Å². The summed E-state index contributed by atoms with van der Waals surface area (Å²) in [7, 11) is 0. The Balaban J connectivity index is 2.45. The number of carbonyl (C=O) groups is 1. The van der Waals surface area contributed by atoms with Gasteiger partial charge in [-0.25, -0.2) is 0 Å². The first-order chi connectivity index (χ1) is 9.29. The van der Waals surface area contributed by atoms with E-state index in [2.05, 4.69) is 26.0 Å². The number of unbranched alkanes of at least 4 members (excludes halogenated alkanes) is 4. The second kappa shape index (κ2) is 9.77. The first-order valence-electron chi connectivity index (χ1n) is 7.87. The van der Waals surface area contributed by atoms with Crippen LogP contribution in [0.3, 0.4) is 0 Å². The molecule has 0 fully saturated rings. The van der Waals surface area contributed by atoms with Crippen LogP contribution in [0, 0.1) is 0 Å². The molecule has 1 rings (SSSR count). The Morgan fingerprint density at radius 3 is 2.26 bits per heavy atom. The summed E-state index contributed by atoms with van der Waals surface area (Å²) in [6, 6.07) is 10.3. The molecule has 0 saturated carbocycles. The van der Waals surface area contributed by atoms with Gasteiger partial charge in [0.1, 0.15) is 5.78 Å². The maximum absolute atomic E-state index is 12.4. The van der Waals surface area contributed by atoms with E-state index in [-0.39, 0.29) is 5.92 Å². The lowest BCUT2D eigenvalue weighted by molar-refractivity contribution is -0.120. The first kappa shape index (κ1) is 15.9. The molecule has 0 radical (unpaired) electrons. The van der Waals surface area contributed by atoms with Crippen molar-refractivity contribution in [2.24, 2.45) is 0 Å². The standard InChI is InChI=1S/C18H28O/c1-3-5-6-7-11-15-18(19)17(12-4-2)16-13-9-8-10-14-16/h8-10,13-14,17H,3-7,11-12,15H2,1-2H3. The van der Waals surface area contributed by atoms with E-state index in [9.17, 15) is 4.79 Å². The zero-order valence-corrected chi connectivity index (χ0v) is 12.5. The van der Waals surface area contributed by atoms with Gasteiger partial charge in [0.05, 0.1) is 0 Å². The van der Waals surface area contributed by atoms with Crippen LogP contribution in [0.2, 0.25) is 0 Å². The molecule has 0 spiro atoms. The van der Waals surface area contributed by atoms with E-state index in [4.69, 9.17) is 0 Å². The highest BCUT2D eigenvalue weighted by atomic mass is 16.1. The van der Waals surface area contributed by atoms with E-state index >= 15 is 0 Å². The third-order valence-corrected chi connectivity index (χ3v) is 3.69. The van der Waals surface area contributed by atoms with Gasteiger partial charge in [0.2, 0.25) is 0 Å². The van der Waals surface area contributed by atoms with Gasteiger partial charge in [0.15, 0.2) is 0 Å². The normalized spacial score (nSPS) is 12.3. The minimum atomic E-state index is 0.123. The monoisotopic (exact) mass is 260 g/mol. The zero-order chi connectivity index (χ0) is 13.9. The van der Waals surface area contributed by atoms with E-state index in [1.165, 1.54) is 31.2 Å². The summed E-state index contributed by atoms with van der Waals surface area (Å²) < 4.78 is 0. The first-order valence-corrected chi connectivity index (χ1v) is 7.87. The summed E-state index contributed by atoms with van der Waals surface area (Å²) in [5.41, 5.74) is 1.20. The Labute approximate surface area is 118 Å². The van der Waals surface area contributed by atoms with Crippen LogP contribution in [0.15, 0.2) is 30.3 Å². The predicted molar refractivity (Wildman–Crippen MR) is 82.5 cm³/mol.